The molecule has 0 radical (unpaired) electrons. The minimum atomic E-state index is -0.140. The van der Waals surface area contributed by atoms with Crippen molar-refractivity contribution in [2.45, 2.75) is 26.3 Å². The molecule has 2 aliphatic heterocycles. The number of carbonyl (C=O) groups excluding carboxylic acids is 1. The number of phenols is 1. The molecule has 1 unspecified atom stereocenters. The number of phenolic OH excluding ortho intramolecular Hbond substituents is 1. The van der Waals surface area contributed by atoms with Crippen molar-refractivity contribution in [3.63, 3.8) is 0 Å². The van der Waals surface area contributed by atoms with Crippen LogP contribution in [0.25, 0.3) is 17.0 Å². The summed E-state index contributed by atoms with van der Waals surface area (Å²) in [6, 6.07) is 11.2. The Balaban J connectivity index is 1.49. The molecule has 1 atom stereocenters. The second-order valence-electron chi connectivity index (χ2n) is 8.15. The summed E-state index contributed by atoms with van der Waals surface area (Å²) in [6.45, 7) is 4.84. The topological polar surface area (TPSA) is 65.6 Å². The first-order chi connectivity index (χ1) is 14.1. The van der Waals surface area contributed by atoms with Crippen molar-refractivity contribution in [1.29, 1.82) is 0 Å². The van der Waals surface area contributed by atoms with Gasteiger partial charge in [-0.25, -0.2) is 0 Å². The van der Waals surface area contributed by atoms with E-state index in [1.807, 2.05) is 30.5 Å². The van der Waals surface area contributed by atoms with Crippen molar-refractivity contribution in [3.05, 3.63) is 65.0 Å². The molecule has 2 aromatic carbocycles. The normalized spacial score (nSPS) is 20.9. The number of aromatic nitrogens is 1. The standard InChI is InChI=1S/C24H24N2O3/c1-15-5-4-10-26(13-15)14-19-21(27)9-8-18-23(28)22(29-24(18)19)11-16-12-25-20-7-3-2-6-17(16)20/h2-3,6-9,11-12,15,25,27H,4-5,10,13-14H2,1H3/b22-11-. The second-order valence-corrected chi connectivity index (χ2v) is 8.15. The number of piperidine rings is 1. The van der Waals surface area contributed by atoms with Gasteiger partial charge in [0.1, 0.15) is 11.5 Å². The SMILES string of the molecule is CC1CCCN(Cc2c(O)ccc3c2O/C(=C\c2c[nH]c4ccccc24)C3=O)C1. The lowest BCUT2D eigenvalue weighted by Crippen LogP contribution is -2.33. The third-order valence-electron chi connectivity index (χ3n) is 5.95. The van der Waals surface area contributed by atoms with Crippen LogP contribution in [0.2, 0.25) is 0 Å². The molecule has 5 rings (SSSR count). The maximum Gasteiger partial charge on any atom is 0.231 e. The van der Waals surface area contributed by atoms with E-state index in [9.17, 15) is 9.90 Å². The Kier molecular flexibility index (Phi) is 4.40. The summed E-state index contributed by atoms with van der Waals surface area (Å²) in [5, 5.41) is 11.5. The first-order valence-electron chi connectivity index (χ1n) is 10.2. The van der Waals surface area contributed by atoms with Crippen LogP contribution in [0.15, 0.2) is 48.4 Å². The summed E-state index contributed by atoms with van der Waals surface area (Å²) in [7, 11) is 0. The highest BCUT2D eigenvalue weighted by molar-refractivity contribution is 6.15. The zero-order valence-corrected chi connectivity index (χ0v) is 16.4. The largest absolute Gasteiger partial charge is 0.507 e. The number of para-hydroxylation sites is 1. The van der Waals surface area contributed by atoms with E-state index in [0.29, 0.717) is 35.1 Å². The Hall–Kier alpha value is -3.05. The van der Waals surface area contributed by atoms with Crippen molar-refractivity contribution in [3.8, 4) is 11.5 Å². The number of aromatic amines is 1. The summed E-state index contributed by atoms with van der Waals surface area (Å²) in [5.74, 6) is 1.48. The van der Waals surface area contributed by atoms with Crippen molar-refractivity contribution < 1.29 is 14.6 Å². The number of ketones is 1. The fourth-order valence-corrected chi connectivity index (χ4v) is 4.46. The number of allylic oxidation sites excluding steroid dienone is 1. The smallest absolute Gasteiger partial charge is 0.231 e. The number of H-pyrrole nitrogens is 1. The van der Waals surface area contributed by atoms with Crippen LogP contribution in [0.3, 0.4) is 0 Å². The maximum absolute atomic E-state index is 13.0. The zero-order valence-electron chi connectivity index (χ0n) is 16.4. The minimum absolute atomic E-state index is 0.140. The summed E-state index contributed by atoms with van der Waals surface area (Å²) in [4.78, 5) is 18.5. The number of fused-ring (bicyclic) bond motifs is 2. The Labute approximate surface area is 169 Å². The molecule has 2 aliphatic rings. The van der Waals surface area contributed by atoms with Crippen LogP contribution >= 0.6 is 0 Å². The molecule has 3 aromatic rings. The van der Waals surface area contributed by atoms with Gasteiger partial charge in [0.05, 0.1) is 11.1 Å². The Morgan fingerprint density at radius 3 is 3.00 bits per heavy atom. The van der Waals surface area contributed by atoms with Gasteiger partial charge in [0.15, 0.2) is 5.76 Å². The highest BCUT2D eigenvalue weighted by atomic mass is 16.5. The van der Waals surface area contributed by atoms with Gasteiger partial charge in [-0.15, -0.1) is 0 Å². The van der Waals surface area contributed by atoms with Gasteiger partial charge in [-0.2, -0.15) is 0 Å². The molecule has 148 valence electrons. The quantitative estimate of drug-likeness (QED) is 0.637. The number of Topliss-reactive ketones (excluding diaryl/α,β-unsaturated/α-hetero) is 1. The average molecular weight is 388 g/mol. The molecule has 1 aromatic heterocycles. The van der Waals surface area contributed by atoms with Gasteiger partial charge in [0, 0.05) is 35.8 Å². The van der Waals surface area contributed by atoms with E-state index in [1.165, 1.54) is 6.42 Å². The van der Waals surface area contributed by atoms with Gasteiger partial charge in [0.25, 0.3) is 0 Å². The molecule has 3 heterocycles. The van der Waals surface area contributed by atoms with Gasteiger partial charge in [-0.3, -0.25) is 9.69 Å². The van der Waals surface area contributed by atoms with Crippen LogP contribution in [0.1, 0.15) is 41.3 Å². The van der Waals surface area contributed by atoms with E-state index >= 15 is 0 Å². The Bertz CT molecular complexity index is 1130. The fraction of sp³-hybridized carbons (Fsp3) is 0.292. The Morgan fingerprint density at radius 2 is 2.14 bits per heavy atom. The van der Waals surface area contributed by atoms with E-state index in [1.54, 1.807) is 18.2 Å². The monoisotopic (exact) mass is 388 g/mol. The van der Waals surface area contributed by atoms with Crippen LogP contribution in [0.4, 0.5) is 0 Å². The molecule has 1 saturated heterocycles. The maximum atomic E-state index is 13.0. The molecular weight excluding hydrogens is 364 g/mol. The van der Waals surface area contributed by atoms with Crippen LogP contribution in [0, 0.1) is 5.92 Å². The molecular formula is C24H24N2O3. The summed E-state index contributed by atoms with van der Waals surface area (Å²) >= 11 is 0. The second kappa shape index (κ2) is 7.08. The molecule has 2 N–H and O–H groups in total. The molecule has 1 fully saturated rings. The molecule has 5 heteroatoms. The lowest BCUT2D eigenvalue weighted by Gasteiger charge is -2.31. The Morgan fingerprint density at radius 1 is 1.28 bits per heavy atom. The number of carbonyl (C=O) groups is 1. The van der Waals surface area contributed by atoms with Crippen molar-refractivity contribution in [1.82, 2.24) is 9.88 Å². The third-order valence-corrected chi connectivity index (χ3v) is 5.95. The lowest BCUT2D eigenvalue weighted by molar-refractivity contribution is 0.101. The number of nitrogens with one attached hydrogen (secondary N) is 1. The first-order valence-corrected chi connectivity index (χ1v) is 10.2. The van der Waals surface area contributed by atoms with Gasteiger partial charge in [-0.1, -0.05) is 25.1 Å². The number of rotatable bonds is 3. The molecule has 0 bridgehead atoms. The molecule has 5 nitrogen and oxygen atoms in total. The number of hydrogen-bond acceptors (Lipinski definition) is 4. The highest BCUT2D eigenvalue weighted by Crippen LogP contribution is 2.40. The molecule has 0 saturated carbocycles. The first kappa shape index (κ1) is 18.0. The highest BCUT2D eigenvalue weighted by Gasteiger charge is 2.32. The molecule has 0 spiro atoms. The number of likely N-dealkylation sites (tertiary alicyclic amines) is 1. The van der Waals surface area contributed by atoms with E-state index in [-0.39, 0.29) is 11.5 Å². The number of ether oxygens (including phenoxy) is 1. The fourth-order valence-electron chi connectivity index (χ4n) is 4.46. The molecule has 0 amide bonds. The van der Waals surface area contributed by atoms with E-state index in [4.69, 9.17) is 4.74 Å². The van der Waals surface area contributed by atoms with E-state index in [2.05, 4.69) is 16.8 Å². The zero-order chi connectivity index (χ0) is 20.0. The van der Waals surface area contributed by atoms with Crippen molar-refractivity contribution in [2.75, 3.05) is 13.1 Å². The number of benzene rings is 2. The average Bonchev–Trinajstić information content (AvgIpc) is 3.26. The van der Waals surface area contributed by atoms with Gasteiger partial charge in [-0.05, 0) is 49.6 Å². The lowest BCUT2D eigenvalue weighted by atomic mass is 9.99. The van der Waals surface area contributed by atoms with Gasteiger partial charge >= 0.3 is 0 Å². The van der Waals surface area contributed by atoms with Crippen LogP contribution in [-0.2, 0) is 6.54 Å². The van der Waals surface area contributed by atoms with Crippen molar-refractivity contribution in [2.24, 2.45) is 5.92 Å². The van der Waals surface area contributed by atoms with Crippen LogP contribution in [0.5, 0.6) is 11.5 Å². The summed E-state index contributed by atoms with van der Waals surface area (Å²) in [6.07, 6.45) is 6.06. The number of nitrogens with zero attached hydrogens (tertiary/aromatic N) is 1. The van der Waals surface area contributed by atoms with Crippen LogP contribution in [-0.4, -0.2) is 33.9 Å². The predicted molar refractivity (Wildman–Crippen MR) is 113 cm³/mol. The van der Waals surface area contributed by atoms with E-state index in [0.717, 1.165) is 36.0 Å². The van der Waals surface area contributed by atoms with Crippen LogP contribution < -0.4 is 4.74 Å². The predicted octanol–water partition coefficient (Wildman–Crippen LogP) is 4.72. The molecule has 0 aliphatic carbocycles. The van der Waals surface area contributed by atoms with Crippen molar-refractivity contribution >= 4 is 22.8 Å². The van der Waals surface area contributed by atoms with Gasteiger partial charge < -0.3 is 14.8 Å². The number of aromatic hydroxyl groups is 1. The van der Waals surface area contributed by atoms with Gasteiger partial charge in [0.2, 0.25) is 5.78 Å². The number of hydrogen-bond donors (Lipinski definition) is 2. The van der Waals surface area contributed by atoms with E-state index < -0.39 is 0 Å². The summed E-state index contributed by atoms with van der Waals surface area (Å²) < 4.78 is 6.03. The third kappa shape index (κ3) is 3.21. The molecule has 29 heavy (non-hydrogen) atoms. The summed E-state index contributed by atoms with van der Waals surface area (Å²) in [5.41, 5.74) is 3.15. The minimum Gasteiger partial charge on any atom is -0.507 e.